The highest BCUT2D eigenvalue weighted by Gasteiger charge is 2.19. The van der Waals surface area contributed by atoms with E-state index in [4.69, 9.17) is 0 Å². The Balaban J connectivity index is 3.30. The molecule has 0 heterocycles. The van der Waals surface area contributed by atoms with Gasteiger partial charge in [0.25, 0.3) is 0 Å². The molecule has 0 amide bonds. The van der Waals surface area contributed by atoms with E-state index in [-0.39, 0.29) is 0 Å². The van der Waals surface area contributed by atoms with Crippen molar-refractivity contribution in [3.63, 3.8) is 0 Å². The molecule has 1 nitrogen and oxygen atoms in total. The van der Waals surface area contributed by atoms with Crippen molar-refractivity contribution in [2.75, 3.05) is 18.5 Å². The third-order valence-electron chi connectivity index (χ3n) is 6.47. The molecule has 0 fully saturated rings. The summed E-state index contributed by atoms with van der Waals surface area (Å²) in [6, 6.07) is 0. The van der Waals surface area contributed by atoms with Crippen molar-refractivity contribution in [3.05, 3.63) is 0 Å². The van der Waals surface area contributed by atoms with Crippen LogP contribution < -0.4 is 0 Å². The number of hydrogen-bond acceptors (Lipinski definition) is 1. The summed E-state index contributed by atoms with van der Waals surface area (Å²) in [5.41, 5.74) is 0. The van der Waals surface area contributed by atoms with Gasteiger partial charge in [-0.1, -0.05) is 136 Å². The maximum atomic E-state index is 12.9. The number of rotatable bonds is 24. The second kappa shape index (κ2) is 22.9. The van der Waals surface area contributed by atoms with Crippen LogP contribution in [0.4, 0.5) is 0 Å². The van der Waals surface area contributed by atoms with Crippen molar-refractivity contribution >= 4 is 7.14 Å². The molecule has 2 heteroatoms. The van der Waals surface area contributed by atoms with Crippen molar-refractivity contribution in [1.29, 1.82) is 0 Å². The summed E-state index contributed by atoms with van der Waals surface area (Å²) < 4.78 is 12.9. The first-order valence-electron chi connectivity index (χ1n) is 13.8. The molecule has 1 unspecified atom stereocenters. The molecule has 0 saturated carbocycles. The summed E-state index contributed by atoms with van der Waals surface area (Å²) in [6.07, 6.45) is 32.0. The van der Waals surface area contributed by atoms with Crippen LogP contribution in [0, 0.1) is 0 Å². The molecule has 0 rings (SSSR count). The van der Waals surface area contributed by atoms with Crippen LogP contribution in [0.3, 0.4) is 0 Å². The van der Waals surface area contributed by atoms with Gasteiger partial charge in [-0.3, -0.25) is 0 Å². The second-order valence-electron chi connectivity index (χ2n) is 9.59. The summed E-state index contributed by atoms with van der Waals surface area (Å²) in [5, 5.41) is 0. The molecular weight excluding hydrogens is 371 g/mol. The maximum absolute atomic E-state index is 12.9. The molecule has 0 saturated heterocycles. The molecule has 0 aliphatic rings. The Hall–Kier alpha value is 0.230. The van der Waals surface area contributed by atoms with Crippen molar-refractivity contribution < 1.29 is 4.57 Å². The highest BCUT2D eigenvalue weighted by molar-refractivity contribution is 7.63. The first-order chi connectivity index (χ1) is 14.2. The van der Waals surface area contributed by atoms with Crippen molar-refractivity contribution in [3.8, 4) is 0 Å². The third kappa shape index (κ3) is 21.3. The summed E-state index contributed by atoms with van der Waals surface area (Å²) in [5.74, 6) is 0. The van der Waals surface area contributed by atoms with Crippen LogP contribution in [0.5, 0.6) is 0 Å². The average Bonchev–Trinajstić information content (AvgIpc) is 2.71. The Morgan fingerprint density at radius 2 is 0.655 bits per heavy atom. The summed E-state index contributed by atoms with van der Waals surface area (Å²) in [7, 11) is -1.83. The predicted molar refractivity (Wildman–Crippen MR) is 136 cm³/mol. The first-order valence-corrected chi connectivity index (χ1v) is 16.0. The lowest BCUT2D eigenvalue weighted by atomic mass is 10.0. The molecule has 0 aromatic heterocycles. The fourth-order valence-electron chi connectivity index (χ4n) is 4.49. The van der Waals surface area contributed by atoms with Crippen molar-refractivity contribution in [1.82, 2.24) is 0 Å². The van der Waals surface area contributed by atoms with Gasteiger partial charge in [0.1, 0.15) is 0 Å². The molecule has 0 N–H and O–H groups in total. The van der Waals surface area contributed by atoms with Crippen LogP contribution >= 0.6 is 7.14 Å². The van der Waals surface area contributed by atoms with Crippen LogP contribution in [0.15, 0.2) is 0 Å². The summed E-state index contributed by atoms with van der Waals surface area (Å²) in [6.45, 7) is 6.70. The quantitative estimate of drug-likeness (QED) is 0.110. The fraction of sp³-hybridized carbons (Fsp3) is 1.00. The van der Waals surface area contributed by atoms with E-state index in [0.717, 1.165) is 31.3 Å². The SMILES string of the molecule is CCCCCCCCCCCCCCCCCCCCP(=O)(CCC)CCCC. The Kier molecular flexibility index (Phi) is 23.1. The van der Waals surface area contributed by atoms with Gasteiger partial charge in [0.05, 0.1) is 7.14 Å². The molecule has 0 aromatic rings. The largest absolute Gasteiger partial charge is 0.324 e. The van der Waals surface area contributed by atoms with Gasteiger partial charge in [0.15, 0.2) is 0 Å². The van der Waals surface area contributed by atoms with Gasteiger partial charge in [-0.25, -0.2) is 0 Å². The number of unbranched alkanes of at least 4 members (excludes halogenated alkanes) is 18. The van der Waals surface area contributed by atoms with E-state index in [0.29, 0.717) is 0 Å². The third-order valence-corrected chi connectivity index (χ3v) is 9.99. The van der Waals surface area contributed by atoms with Gasteiger partial charge < -0.3 is 4.57 Å². The van der Waals surface area contributed by atoms with E-state index < -0.39 is 7.14 Å². The van der Waals surface area contributed by atoms with Gasteiger partial charge in [-0.2, -0.15) is 0 Å². The second-order valence-corrected chi connectivity index (χ2v) is 13.1. The Morgan fingerprint density at radius 3 is 1.00 bits per heavy atom. The van der Waals surface area contributed by atoms with E-state index >= 15 is 0 Å². The van der Waals surface area contributed by atoms with Gasteiger partial charge in [0.2, 0.25) is 0 Å². The normalized spacial score (nSPS) is 13.6. The highest BCUT2D eigenvalue weighted by Crippen LogP contribution is 2.47. The Bertz CT molecular complexity index is 352. The Labute approximate surface area is 186 Å². The van der Waals surface area contributed by atoms with E-state index in [1.54, 1.807) is 0 Å². The minimum absolute atomic E-state index is 0.992. The van der Waals surface area contributed by atoms with Crippen LogP contribution in [0.2, 0.25) is 0 Å². The van der Waals surface area contributed by atoms with E-state index in [1.165, 1.54) is 122 Å². The van der Waals surface area contributed by atoms with Crippen LogP contribution in [-0.4, -0.2) is 18.5 Å². The molecule has 0 aliphatic heterocycles. The molecule has 176 valence electrons. The fourth-order valence-corrected chi connectivity index (χ4v) is 7.67. The van der Waals surface area contributed by atoms with E-state index in [9.17, 15) is 4.57 Å². The van der Waals surface area contributed by atoms with Crippen molar-refractivity contribution in [2.45, 2.75) is 156 Å². The maximum Gasteiger partial charge on any atom is 0.0877 e. The van der Waals surface area contributed by atoms with E-state index in [2.05, 4.69) is 20.8 Å². The molecule has 0 aromatic carbocycles. The van der Waals surface area contributed by atoms with Crippen LogP contribution in [0.25, 0.3) is 0 Å². The standard InChI is InChI=1S/C27H57OP/c1-4-7-9-10-11-12-13-14-15-16-17-18-19-20-21-22-23-24-27-29(28,25-6-3)26-8-5-2/h4-27H2,1-3H3. The average molecular weight is 429 g/mol. The zero-order valence-corrected chi connectivity index (χ0v) is 21.7. The molecule has 1 atom stereocenters. The smallest absolute Gasteiger partial charge is 0.0877 e. The lowest BCUT2D eigenvalue weighted by Crippen LogP contribution is -2.00. The molecule has 0 radical (unpaired) electrons. The van der Waals surface area contributed by atoms with Crippen molar-refractivity contribution in [2.24, 2.45) is 0 Å². The van der Waals surface area contributed by atoms with Gasteiger partial charge in [-0.05, 0) is 19.3 Å². The predicted octanol–water partition coefficient (Wildman–Crippen LogP) is 10.6. The monoisotopic (exact) mass is 428 g/mol. The molecular formula is C27H57OP. The minimum atomic E-state index is -1.83. The molecule has 0 spiro atoms. The first kappa shape index (κ1) is 29.2. The number of hydrogen-bond donors (Lipinski definition) is 0. The molecule has 0 aliphatic carbocycles. The topological polar surface area (TPSA) is 17.1 Å². The van der Waals surface area contributed by atoms with Gasteiger partial charge in [-0.15, -0.1) is 0 Å². The minimum Gasteiger partial charge on any atom is -0.324 e. The van der Waals surface area contributed by atoms with Crippen LogP contribution in [0.1, 0.15) is 156 Å². The highest BCUT2D eigenvalue weighted by atomic mass is 31.2. The van der Waals surface area contributed by atoms with Gasteiger partial charge in [0, 0.05) is 18.5 Å². The molecule has 29 heavy (non-hydrogen) atoms. The van der Waals surface area contributed by atoms with Gasteiger partial charge >= 0.3 is 0 Å². The summed E-state index contributed by atoms with van der Waals surface area (Å²) >= 11 is 0. The lowest BCUT2D eigenvalue weighted by molar-refractivity contribution is 0.526. The van der Waals surface area contributed by atoms with E-state index in [1.807, 2.05) is 0 Å². The zero-order chi connectivity index (χ0) is 21.5. The zero-order valence-electron chi connectivity index (χ0n) is 20.8. The Morgan fingerprint density at radius 1 is 0.345 bits per heavy atom. The molecule has 0 bridgehead atoms. The lowest BCUT2D eigenvalue weighted by Gasteiger charge is -2.17. The van der Waals surface area contributed by atoms with Crippen LogP contribution in [-0.2, 0) is 4.57 Å². The summed E-state index contributed by atoms with van der Waals surface area (Å²) in [4.78, 5) is 0.